The van der Waals surface area contributed by atoms with Crippen LogP contribution in [0, 0.1) is 0 Å². The summed E-state index contributed by atoms with van der Waals surface area (Å²) in [6.45, 7) is 2.65. The van der Waals surface area contributed by atoms with Crippen molar-refractivity contribution in [1.29, 1.82) is 0 Å². The highest BCUT2D eigenvalue weighted by atomic mass is 32.2. The van der Waals surface area contributed by atoms with Gasteiger partial charge in [0.1, 0.15) is 12.6 Å². The summed E-state index contributed by atoms with van der Waals surface area (Å²) in [5.41, 5.74) is -2.26. The molecule has 2 rings (SSSR count). The number of hydrogen-bond acceptors (Lipinski definition) is 7. The molecular weight excluding hydrogens is 308 g/mol. The molecule has 0 saturated carbocycles. The zero-order valence-corrected chi connectivity index (χ0v) is 11.5. The normalized spacial score (nSPS) is 29.5. The molecule has 1 amide bonds. The molecule has 2 saturated heterocycles. The lowest BCUT2D eigenvalue weighted by molar-refractivity contribution is -0.256. The van der Waals surface area contributed by atoms with Gasteiger partial charge in [-0.05, 0) is 0 Å². The molecule has 0 aromatic carbocycles. The number of carboxylic acids is 1. The second-order valence-corrected chi connectivity index (χ2v) is 6.03. The summed E-state index contributed by atoms with van der Waals surface area (Å²) in [5.74, 6) is -3.32. The Bertz CT molecular complexity index is 615. The minimum absolute atomic E-state index is 0.192. The topological polar surface area (TPSA) is 139 Å². The smallest absolute Gasteiger partial charge is 0.372 e. The first kappa shape index (κ1) is 15.4. The summed E-state index contributed by atoms with van der Waals surface area (Å²) in [5, 5.41) is 10.2. The first-order valence-corrected chi connectivity index (χ1v) is 7.33. The van der Waals surface area contributed by atoms with Crippen LogP contribution in [-0.2, 0) is 34.0 Å². The van der Waals surface area contributed by atoms with Gasteiger partial charge < -0.3 is 9.84 Å². The molecule has 2 atom stereocenters. The van der Waals surface area contributed by atoms with Crippen LogP contribution < -0.4 is 4.72 Å². The number of esters is 1. The van der Waals surface area contributed by atoms with Crippen molar-refractivity contribution in [2.75, 3.05) is 6.61 Å². The summed E-state index contributed by atoms with van der Waals surface area (Å²) in [7, 11) is -3.90. The number of nitrogens with zero attached hydrogens (tertiary/aromatic N) is 1. The zero-order valence-electron chi connectivity index (χ0n) is 10.6. The summed E-state index contributed by atoms with van der Waals surface area (Å²) in [6, 6.07) is -1.32. The van der Waals surface area contributed by atoms with Gasteiger partial charge in [0.15, 0.2) is 0 Å². The number of carboxylic acid groups (broad SMARTS) is 1. The quantitative estimate of drug-likeness (QED) is 0.572. The van der Waals surface area contributed by atoms with Gasteiger partial charge in [0.2, 0.25) is 10.0 Å². The van der Waals surface area contributed by atoms with Crippen molar-refractivity contribution in [3.63, 3.8) is 0 Å². The Labute approximate surface area is 119 Å². The maximum atomic E-state index is 12.1. The maximum absolute atomic E-state index is 12.1. The monoisotopic (exact) mass is 320 g/mol. The van der Waals surface area contributed by atoms with Crippen LogP contribution in [0.5, 0.6) is 0 Å². The Morgan fingerprint density at radius 1 is 1.52 bits per heavy atom. The lowest BCUT2D eigenvalue weighted by atomic mass is 10.1. The van der Waals surface area contributed by atoms with E-state index in [-0.39, 0.29) is 12.8 Å². The molecule has 2 heterocycles. The highest BCUT2D eigenvalue weighted by molar-refractivity contribution is 7.92. The first-order valence-electron chi connectivity index (χ1n) is 5.79. The van der Waals surface area contributed by atoms with E-state index in [1.807, 2.05) is 4.72 Å². The van der Waals surface area contributed by atoms with Crippen LogP contribution in [0.25, 0.3) is 0 Å². The minimum atomic E-state index is -3.90. The number of sulfonamides is 1. The Hall–Kier alpha value is -1.98. The average molecular weight is 320 g/mol. The van der Waals surface area contributed by atoms with E-state index >= 15 is 0 Å². The van der Waals surface area contributed by atoms with Gasteiger partial charge in [-0.2, -0.15) is 9.79 Å². The lowest BCUT2D eigenvalue weighted by Gasteiger charge is -2.30. The number of cyclic esters (lactones) is 1. The highest BCUT2D eigenvalue weighted by Gasteiger charge is 2.59. The van der Waals surface area contributed by atoms with E-state index in [1.54, 1.807) is 0 Å². The van der Waals surface area contributed by atoms with Gasteiger partial charge in [-0.3, -0.25) is 14.4 Å². The number of hydroxylamine groups is 2. The molecule has 2 aliphatic rings. The fraction of sp³-hybridized carbons (Fsp3) is 0.500. The molecule has 0 bridgehead atoms. The first-order chi connectivity index (χ1) is 9.72. The number of ether oxygens (including phenoxy) is 1. The third-order valence-electron chi connectivity index (χ3n) is 3.01. The Kier molecular flexibility index (Phi) is 3.74. The van der Waals surface area contributed by atoms with Crippen molar-refractivity contribution < 1.29 is 37.5 Å². The zero-order chi connectivity index (χ0) is 15.8. The third-order valence-corrected chi connectivity index (χ3v) is 4.06. The van der Waals surface area contributed by atoms with Gasteiger partial charge in [0.05, 0.1) is 6.42 Å². The number of amides is 1. The van der Waals surface area contributed by atoms with E-state index in [1.165, 1.54) is 0 Å². The predicted octanol–water partition coefficient (Wildman–Crippen LogP) is -1.69. The van der Waals surface area contributed by atoms with Crippen LogP contribution in [0.15, 0.2) is 12.0 Å². The summed E-state index contributed by atoms with van der Waals surface area (Å²) in [6.07, 6.45) is -0.476. The van der Waals surface area contributed by atoms with E-state index in [0.717, 1.165) is 0 Å². The second kappa shape index (κ2) is 5.09. The molecule has 11 heteroatoms. The highest BCUT2D eigenvalue weighted by Crippen LogP contribution is 2.34. The van der Waals surface area contributed by atoms with Gasteiger partial charge in [0, 0.05) is 11.8 Å². The van der Waals surface area contributed by atoms with Crippen molar-refractivity contribution in [2.45, 2.75) is 24.6 Å². The number of hydrogen-bond donors (Lipinski definition) is 2. The Morgan fingerprint density at radius 3 is 2.67 bits per heavy atom. The fourth-order valence-electron chi connectivity index (χ4n) is 1.98. The molecular formula is C10H12N2O8S. The van der Waals surface area contributed by atoms with Crippen LogP contribution >= 0.6 is 0 Å². The van der Waals surface area contributed by atoms with Gasteiger partial charge >= 0.3 is 17.7 Å². The fourth-order valence-corrected chi connectivity index (χ4v) is 2.64. The van der Waals surface area contributed by atoms with E-state index in [9.17, 15) is 27.9 Å². The lowest BCUT2D eigenvalue weighted by Crippen LogP contribution is -2.56. The Morgan fingerprint density at radius 2 is 2.19 bits per heavy atom. The number of rotatable bonds is 5. The molecule has 0 aromatic rings. The summed E-state index contributed by atoms with van der Waals surface area (Å²) in [4.78, 5) is 39.5. The van der Waals surface area contributed by atoms with Crippen LogP contribution in [0.4, 0.5) is 0 Å². The molecule has 0 spiro atoms. The molecule has 1 unspecified atom stereocenters. The molecule has 21 heavy (non-hydrogen) atoms. The molecule has 10 nitrogen and oxygen atoms in total. The molecule has 0 radical (unpaired) electrons. The molecule has 116 valence electrons. The van der Waals surface area contributed by atoms with Crippen molar-refractivity contribution >= 4 is 27.9 Å². The standard InChI is InChI=1S/C10H12N2O8S/c1-2-21(17,18)11-6-5-19-12(8(6)14)10(9(15)16)4-3-7(13)20-10/h2,6,11H,1,3-5H2,(H,15,16)/t6-,10?/m0/s1. The van der Waals surface area contributed by atoms with Crippen LogP contribution in [0.3, 0.4) is 0 Å². The van der Waals surface area contributed by atoms with Crippen LogP contribution in [0.2, 0.25) is 0 Å². The van der Waals surface area contributed by atoms with E-state index < -0.39 is 46.2 Å². The third kappa shape index (κ3) is 2.62. The largest absolute Gasteiger partial charge is 0.477 e. The predicted molar refractivity (Wildman–Crippen MR) is 64.5 cm³/mol. The molecule has 2 aliphatic heterocycles. The molecule has 2 fully saturated rings. The van der Waals surface area contributed by atoms with Gasteiger partial charge in [-0.1, -0.05) is 6.58 Å². The van der Waals surface area contributed by atoms with Crippen LogP contribution in [-0.4, -0.2) is 54.8 Å². The van der Waals surface area contributed by atoms with E-state index in [4.69, 9.17) is 9.57 Å². The number of carbonyl (C=O) groups excluding carboxylic acids is 2. The van der Waals surface area contributed by atoms with E-state index in [2.05, 4.69) is 6.58 Å². The van der Waals surface area contributed by atoms with Crippen molar-refractivity contribution in [3.8, 4) is 0 Å². The summed E-state index contributed by atoms with van der Waals surface area (Å²) < 4.78 is 29.4. The number of carbonyl (C=O) groups is 3. The Balaban J connectivity index is 2.23. The van der Waals surface area contributed by atoms with E-state index in [0.29, 0.717) is 10.5 Å². The second-order valence-electron chi connectivity index (χ2n) is 4.37. The molecule has 0 aromatic heterocycles. The molecule has 2 N–H and O–H groups in total. The number of nitrogens with one attached hydrogen (secondary N) is 1. The van der Waals surface area contributed by atoms with Gasteiger partial charge in [0.25, 0.3) is 5.91 Å². The van der Waals surface area contributed by atoms with Crippen molar-refractivity contribution in [3.05, 3.63) is 12.0 Å². The van der Waals surface area contributed by atoms with Crippen molar-refractivity contribution in [2.24, 2.45) is 0 Å². The van der Waals surface area contributed by atoms with Crippen molar-refractivity contribution in [1.82, 2.24) is 9.79 Å². The summed E-state index contributed by atoms with van der Waals surface area (Å²) >= 11 is 0. The SMILES string of the molecule is C=CS(=O)(=O)N[C@H]1CON(C2(C(=O)O)CCC(=O)O2)C1=O. The number of aliphatic carboxylic acids is 1. The average Bonchev–Trinajstić information content (AvgIpc) is 2.95. The maximum Gasteiger partial charge on any atom is 0.372 e. The molecule has 0 aliphatic carbocycles. The van der Waals surface area contributed by atoms with Gasteiger partial charge in [-0.25, -0.2) is 13.2 Å². The minimum Gasteiger partial charge on any atom is -0.477 e. The van der Waals surface area contributed by atoms with Gasteiger partial charge in [-0.15, -0.1) is 0 Å². The van der Waals surface area contributed by atoms with Crippen LogP contribution in [0.1, 0.15) is 12.8 Å².